The molecule has 1 amide bonds. The second kappa shape index (κ2) is 9.77. The van der Waals surface area contributed by atoms with Gasteiger partial charge in [0, 0.05) is 31.7 Å². The number of benzene rings is 2. The number of aryl methyl sites for hydroxylation is 2. The normalized spacial score (nSPS) is 20.9. The zero-order chi connectivity index (χ0) is 23.5. The molecule has 1 unspecified atom stereocenters. The van der Waals surface area contributed by atoms with E-state index < -0.39 is 17.7 Å². The number of ether oxygens (including phenoxy) is 2. The van der Waals surface area contributed by atoms with E-state index in [2.05, 4.69) is 4.90 Å². The van der Waals surface area contributed by atoms with E-state index in [1.54, 1.807) is 30.2 Å². The Bertz CT molecular complexity index is 1070. The van der Waals surface area contributed by atoms with Crippen LogP contribution in [0.4, 0.5) is 0 Å². The Hall–Kier alpha value is -3.16. The number of aliphatic hydroxyl groups excluding tert-OH is 1. The summed E-state index contributed by atoms with van der Waals surface area (Å²) in [4.78, 5) is 30.1. The number of carbonyl (C=O) groups excluding carboxylic acids is 2. The molecule has 2 aromatic carbocycles. The van der Waals surface area contributed by atoms with Gasteiger partial charge >= 0.3 is 0 Å². The summed E-state index contributed by atoms with van der Waals surface area (Å²) < 4.78 is 10.7. The number of morpholine rings is 1. The quantitative estimate of drug-likeness (QED) is 0.414. The molecule has 2 fully saturated rings. The largest absolute Gasteiger partial charge is 0.507 e. The smallest absolute Gasteiger partial charge is 0.295 e. The molecule has 0 bridgehead atoms. The molecule has 7 heteroatoms. The Morgan fingerprint density at radius 2 is 1.76 bits per heavy atom. The number of hydrogen-bond donors (Lipinski definition) is 1. The highest BCUT2D eigenvalue weighted by atomic mass is 16.5. The van der Waals surface area contributed by atoms with Crippen LogP contribution in [0.25, 0.3) is 5.76 Å². The van der Waals surface area contributed by atoms with Crippen molar-refractivity contribution in [3.63, 3.8) is 0 Å². The first-order valence-corrected chi connectivity index (χ1v) is 11.2. The van der Waals surface area contributed by atoms with E-state index in [4.69, 9.17) is 9.47 Å². The first kappa shape index (κ1) is 23.0. The standard InChI is InChI=1S/C26H30N2O5/c1-17-4-6-19(7-5-17)23-22(24(29)21-9-8-20(32-3)16-18(21)2)25(30)26(31)28(23)11-10-27-12-14-33-15-13-27/h4-9,16,23,29H,10-15H2,1-3H3. The fourth-order valence-electron chi connectivity index (χ4n) is 4.45. The number of amides is 1. The lowest BCUT2D eigenvalue weighted by Gasteiger charge is -2.31. The molecule has 7 nitrogen and oxygen atoms in total. The minimum atomic E-state index is -0.657. The Balaban J connectivity index is 1.75. The van der Waals surface area contributed by atoms with Gasteiger partial charge in [0.25, 0.3) is 11.7 Å². The lowest BCUT2D eigenvalue weighted by Crippen LogP contribution is -2.42. The fourth-order valence-corrected chi connectivity index (χ4v) is 4.45. The maximum atomic E-state index is 13.2. The minimum absolute atomic E-state index is 0.124. The zero-order valence-corrected chi connectivity index (χ0v) is 19.3. The molecule has 2 saturated heterocycles. The third kappa shape index (κ3) is 4.65. The van der Waals surface area contributed by atoms with Gasteiger partial charge in [-0.15, -0.1) is 0 Å². The van der Waals surface area contributed by atoms with Crippen LogP contribution in [0, 0.1) is 13.8 Å². The number of methoxy groups -OCH3 is 1. The number of hydrogen-bond acceptors (Lipinski definition) is 6. The van der Waals surface area contributed by atoms with Gasteiger partial charge in [-0.25, -0.2) is 0 Å². The average Bonchev–Trinajstić information content (AvgIpc) is 3.08. The molecule has 0 spiro atoms. The summed E-state index contributed by atoms with van der Waals surface area (Å²) in [5.74, 6) is -0.741. The molecule has 2 heterocycles. The number of ketones is 1. The molecule has 1 atom stereocenters. The van der Waals surface area contributed by atoms with Crippen LogP contribution in [0.15, 0.2) is 48.0 Å². The molecule has 0 radical (unpaired) electrons. The predicted molar refractivity (Wildman–Crippen MR) is 125 cm³/mol. The summed E-state index contributed by atoms with van der Waals surface area (Å²) in [7, 11) is 1.58. The molecule has 33 heavy (non-hydrogen) atoms. The topological polar surface area (TPSA) is 79.3 Å². The van der Waals surface area contributed by atoms with Crippen molar-refractivity contribution in [2.75, 3.05) is 46.5 Å². The van der Waals surface area contributed by atoms with Crippen molar-refractivity contribution in [1.82, 2.24) is 9.80 Å². The van der Waals surface area contributed by atoms with Gasteiger partial charge in [0.05, 0.1) is 31.9 Å². The summed E-state index contributed by atoms with van der Waals surface area (Å²) in [6, 6.07) is 12.3. The van der Waals surface area contributed by atoms with Crippen molar-refractivity contribution < 1.29 is 24.2 Å². The lowest BCUT2D eigenvalue weighted by atomic mass is 9.93. The predicted octanol–water partition coefficient (Wildman–Crippen LogP) is 3.07. The molecule has 0 aromatic heterocycles. The highest BCUT2D eigenvalue weighted by Gasteiger charge is 2.46. The molecule has 0 saturated carbocycles. The van der Waals surface area contributed by atoms with E-state index in [0.29, 0.717) is 37.6 Å². The summed E-state index contributed by atoms with van der Waals surface area (Å²) in [5, 5.41) is 11.3. The average molecular weight is 451 g/mol. The molecule has 1 N–H and O–H groups in total. The van der Waals surface area contributed by atoms with Crippen LogP contribution >= 0.6 is 0 Å². The molecular weight excluding hydrogens is 420 g/mol. The summed E-state index contributed by atoms with van der Waals surface area (Å²) in [6.07, 6.45) is 0. The Morgan fingerprint density at radius 3 is 2.39 bits per heavy atom. The van der Waals surface area contributed by atoms with Gasteiger partial charge < -0.3 is 19.5 Å². The number of aliphatic hydroxyl groups is 1. The molecule has 174 valence electrons. The molecule has 2 aliphatic rings. The number of likely N-dealkylation sites (tertiary alicyclic amines) is 1. The molecule has 2 aliphatic heterocycles. The van der Waals surface area contributed by atoms with Crippen LogP contribution in [-0.4, -0.2) is 73.1 Å². The number of carbonyl (C=O) groups is 2. The van der Waals surface area contributed by atoms with Crippen molar-refractivity contribution in [3.8, 4) is 5.75 Å². The second-order valence-electron chi connectivity index (χ2n) is 8.54. The fraction of sp³-hybridized carbons (Fsp3) is 0.385. The van der Waals surface area contributed by atoms with Gasteiger partial charge in [0.15, 0.2) is 0 Å². The third-order valence-corrected chi connectivity index (χ3v) is 6.38. The Labute approximate surface area is 194 Å². The van der Waals surface area contributed by atoms with E-state index in [0.717, 1.165) is 29.8 Å². The Morgan fingerprint density at radius 1 is 1.06 bits per heavy atom. The summed E-state index contributed by atoms with van der Waals surface area (Å²) >= 11 is 0. The molecule has 2 aromatic rings. The SMILES string of the molecule is COc1ccc(C(O)=C2C(=O)C(=O)N(CCN3CCOCC3)C2c2ccc(C)cc2)c(C)c1. The lowest BCUT2D eigenvalue weighted by molar-refractivity contribution is -0.140. The van der Waals surface area contributed by atoms with E-state index >= 15 is 0 Å². The maximum absolute atomic E-state index is 13.2. The van der Waals surface area contributed by atoms with Crippen LogP contribution < -0.4 is 4.74 Å². The molecule has 4 rings (SSSR count). The van der Waals surface area contributed by atoms with Crippen molar-refractivity contribution >= 4 is 17.4 Å². The van der Waals surface area contributed by atoms with Gasteiger partial charge in [-0.3, -0.25) is 14.5 Å². The monoisotopic (exact) mass is 450 g/mol. The van der Waals surface area contributed by atoms with Crippen LogP contribution in [0.3, 0.4) is 0 Å². The second-order valence-corrected chi connectivity index (χ2v) is 8.54. The van der Waals surface area contributed by atoms with Gasteiger partial charge in [-0.2, -0.15) is 0 Å². The number of rotatable bonds is 6. The van der Waals surface area contributed by atoms with E-state index in [1.165, 1.54) is 0 Å². The zero-order valence-electron chi connectivity index (χ0n) is 19.3. The Kier molecular flexibility index (Phi) is 6.81. The van der Waals surface area contributed by atoms with Crippen molar-refractivity contribution in [2.24, 2.45) is 0 Å². The van der Waals surface area contributed by atoms with Gasteiger partial charge in [-0.1, -0.05) is 29.8 Å². The van der Waals surface area contributed by atoms with Crippen molar-refractivity contribution in [2.45, 2.75) is 19.9 Å². The number of Topliss-reactive ketones (excluding diaryl/α,β-unsaturated/α-hetero) is 1. The summed E-state index contributed by atoms with van der Waals surface area (Å²) in [5.41, 5.74) is 3.27. The van der Waals surface area contributed by atoms with Crippen molar-refractivity contribution in [3.05, 3.63) is 70.3 Å². The maximum Gasteiger partial charge on any atom is 0.295 e. The molecular formula is C26H30N2O5. The van der Waals surface area contributed by atoms with Gasteiger partial charge in [-0.05, 0) is 43.2 Å². The number of nitrogens with zero attached hydrogens (tertiary/aromatic N) is 2. The first-order chi connectivity index (χ1) is 15.9. The third-order valence-electron chi connectivity index (χ3n) is 6.38. The van der Waals surface area contributed by atoms with E-state index in [1.807, 2.05) is 38.1 Å². The minimum Gasteiger partial charge on any atom is -0.507 e. The van der Waals surface area contributed by atoms with E-state index in [-0.39, 0.29) is 11.3 Å². The highest BCUT2D eigenvalue weighted by molar-refractivity contribution is 6.46. The van der Waals surface area contributed by atoms with Crippen molar-refractivity contribution in [1.29, 1.82) is 0 Å². The molecule has 0 aliphatic carbocycles. The van der Waals surface area contributed by atoms with Crippen LogP contribution in [0.1, 0.15) is 28.3 Å². The van der Waals surface area contributed by atoms with Crippen LogP contribution in [0.2, 0.25) is 0 Å². The highest BCUT2D eigenvalue weighted by Crippen LogP contribution is 2.40. The van der Waals surface area contributed by atoms with Gasteiger partial charge in [0.1, 0.15) is 11.5 Å². The van der Waals surface area contributed by atoms with Crippen LogP contribution in [-0.2, 0) is 14.3 Å². The van der Waals surface area contributed by atoms with E-state index in [9.17, 15) is 14.7 Å². The van der Waals surface area contributed by atoms with Crippen LogP contribution in [0.5, 0.6) is 5.75 Å². The van der Waals surface area contributed by atoms with Gasteiger partial charge in [0.2, 0.25) is 0 Å². The summed E-state index contributed by atoms with van der Waals surface area (Å²) in [6.45, 7) is 7.77. The first-order valence-electron chi connectivity index (χ1n) is 11.2.